The Balaban J connectivity index is 1.88. The van der Waals surface area contributed by atoms with E-state index in [1.165, 1.54) is 24.1 Å². The number of anilines is 1. The Hall–Kier alpha value is -0.940. The predicted octanol–water partition coefficient (Wildman–Crippen LogP) is 1.61. The molecule has 0 amide bonds. The molecule has 4 nitrogen and oxygen atoms in total. The zero-order chi connectivity index (χ0) is 11.0. The van der Waals surface area contributed by atoms with Gasteiger partial charge in [0.25, 0.3) is 0 Å². The molecule has 1 aromatic rings. The second-order valence-electron chi connectivity index (χ2n) is 4.60. The molecule has 1 aliphatic carbocycles. The number of nitrogens with zero attached hydrogens (tertiary/aromatic N) is 1. The minimum absolute atomic E-state index is 0.584. The number of H-pyrrole nitrogens is 1. The number of nitrogens with one attached hydrogen (secondary N) is 3. The van der Waals surface area contributed by atoms with E-state index in [1.807, 2.05) is 0 Å². The molecule has 0 aromatic carbocycles. The molecule has 2 aliphatic rings. The van der Waals surface area contributed by atoms with E-state index in [2.05, 4.69) is 20.6 Å². The maximum atomic E-state index is 5.15. The Morgan fingerprint density at radius 2 is 2.31 bits per heavy atom. The van der Waals surface area contributed by atoms with Crippen molar-refractivity contribution in [1.29, 1.82) is 0 Å². The molecule has 0 bridgehead atoms. The summed E-state index contributed by atoms with van der Waals surface area (Å²) in [5, 5.41) is 6.79. The highest BCUT2D eigenvalue weighted by atomic mass is 32.1. The molecular formula is C11H16N4S. The van der Waals surface area contributed by atoms with E-state index in [0.717, 1.165) is 37.8 Å². The van der Waals surface area contributed by atoms with Gasteiger partial charge in [0.1, 0.15) is 5.82 Å². The van der Waals surface area contributed by atoms with Crippen LogP contribution in [0.2, 0.25) is 0 Å². The van der Waals surface area contributed by atoms with Crippen molar-refractivity contribution in [3.05, 3.63) is 16.0 Å². The van der Waals surface area contributed by atoms with Crippen LogP contribution >= 0.6 is 12.2 Å². The predicted molar refractivity (Wildman–Crippen MR) is 66.0 cm³/mol. The van der Waals surface area contributed by atoms with Crippen LogP contribution < -0.4 is 10.6 Å². The van der Waals surface area contributed by atoms with Crippen molar-refractivity contribution in [3.63, 3.8) is 0 Å². The van der Waals surface area contributed by atoms with Gasteiger partial charge in [0.15, 0.2) is 4.77 Å². The maximum absolute atomic E-state index is 5.15. The molecule has 5 heteroatoms. The van der Waals surface area contributed by atoms with E-state index in [4.69, 9.17) is 12.2 Å². The fourth-order valence-corrected chi connectivity index (χ4v) is 2.32. The van der Waals surface area contributed by atoms with E-state index in [0.29, 0.717) is 4.77 Å². The van der Waals surface area contributed by atoms with Gasteiger partial charge in [-0.3, -0.25) is 0 Å². The van der Waals surface area contributed by atoms with Crippen molar-refractivity contribution < 1.29 is 0 Å². The van der Waals surface area contributed by atoms with Crippen LogP contribution in [0.5, 0.6) is 0 Å². The molecule has 3 N–H and O–H groups in total. The molecule has 2 heterocycles. The highest BCUT2D eigenvalue weighted by molar-refractivity contribution is 7.71. The molecule has 0 unspecified atom stereocenters. The van der Waals surface area contributed by atoms with Crippen LogP contribution in [0, 0.1) is 10.7 Å². The van der Waals surface area contributed by atoms with E-state index >= 15 is 0 Å². The van der Waals surface area contributed by atoms with Gasteiger partial charge >= 0.3 is 0 Å². The Morgan fingerprint density at radius 1 is 1.44 bits per heavy atom. The van der Waals surface area contributed by atoms with E-state index in [9.17, 15) is 0 Å². The normalized spacial score (nSPS) is 19.2. The Labute approximate surface area is 99.9 Å². The molecule has 0 atom stereocenters. The molecule has 0 radical (unpaired) electrons. The van der Waals surface area contributed by atoms with Crippen molar-refractivity contribution in [3.8, 4) is 0 Å². The molecule has 1 fully saturated rings. The molecule has 1 saturated carbocycles. The third-order valence-corrected chi connectivity index (χ3v) is 3.42. The van der Waals surface area contributed by atoms with Gasteiger partial charge in [-0.15, -0.1) is 0 Å². The van der Waals surface area contributed by atoms with Crippen LogP contribution in [-0.4, -0.2) is 23.1 Å². The maximum Gasteiger partial charge on any atom is 0.199 e. The minimum atomic E-state index is 0.584. The Kier molecular flexibility index (Phi) is 2.65. The van der Waals surface area contributed by atoms with Crippen molar-refractivity contribution in [2.24, 2.45) is 5.92 Å². The van der Waals surface area contributed by atoms with Crippen molar-refractivity contribution in [2.45, 2.75) is 25.8 Å². The summed E-state index contributed by atoms with van der Waals surface area (Å²) in [7, 11) is 0. The van der Waals surface area contributed by atoms with Gasteiger partial charge in [0, 0.05) is 24.3 Å². The van der Waals surface area contributed by atoms with Gasteiger partial charge in [-0.1, -0.05) is 0 Å². The second kappa shape index (κ2) is 4.14. The van der Waals surface area contributed by atoms with E-state index in [-0.39, 0.29) is 0 Å². The van der Waals surface area contributed by atoms with Crippen LogP contribution in [0.3, 0.4) is 0 Å². The summed E-state index contributed by atoms with van der Waals surface area (Å²) in [5.74, 6) is 1.86. The SMILES string of the molecule is S=c1nc(NCC2CC2)c2c([nH]1)CNCC2. The molecule has 0 saturated heterocycles. The number of hydrogen-bond acceptors (Lipinski definition) is 4. The lowest BCUT2D eigenvalue weighted by Crippen LogP contribution is -2.26. The largest absolute Gasteiger partial charge is 0.369 e. The van der Waals surface area contributed by atoms with Crippen LogP contribution in [0.25, 0.3) is 0 Å². The summed E-state index contributed by atoms with van der Waals surface area (Å²) in [5.41, 5.74) is 2.51. The number of hydrogen-bond donors (Lipinski definition) is 3. The summed E-state index contributed by atoms with van der Waals surface area (Å²) < 4.78 is 0.584. The number of aromatic amines is 1. The molecular weight excluding hydrogens is 220 g/mol. The fourth-order valence-electron chi connectivity index (χ4n) is 2.10. The van der Waals surface area contributed by atoms with Gasteiger partial charge < -0.3 is 15.6 Å². The highest BCUT2D eigenvalue weighted by Gasteiger charge is 2.22. The van der Waals surface area contributed by atoms with Gasteiger partial charge in [-0.25, -0.2) is 4.98 Å². The number of rotatable bonds is 3. The summed E-state index contributed by atoms with van der Waals surface area (Å²) >= 11 is 5.15. The standard InChI is InChI=1S/C11H16N4S/c16-11-14-9-6-12-4-3-8(9)10(15-11)13-5-7-1-2-7/h7,12H,1-6H2,(H2,13,14,15,16). The average molecular weight is 236 g/mol. The highest BCUT2D eigenvalue weighted by Crippen LogP contribution is 2.29. The molecule has 86 valence electrons. The summed E-state index contributed by atoms with van der Waals surface area (Å²) in [6, 6.07) is 0. The van der Waals surface area contributed by atoms with Gasteiger partial charge in [0.2, 0.25) is 0 Å². The Bertz CT molecular complexity index is 450. The third kappa shape index (κ3) is 2.10. The summed E-state index contributed by atoms with van der Waals surface area (Å²) in [4.78, 5) is 7.58. The lowest BCUT2D eigenvalue weighted by Gasteiger charge is -2.19. The van der Waals surface area contributed by atoms with Crippen LogP contribution in [-0.2, 0) is 13.0 Å². The summed E-state index contributed by atoms with van der Waals surface area (Å²) in [6.45, 7) is 2.95. The zero-order valence-electron chi connectivity index (χ0n) is 9.18. The molecule has 0 spiro atoms. The van der Waals surface area contributed by atoms with Gasteiger partial charge in [-0.2, -0.15) is 0 Å². The molecule has 16 heavy (non-hydrogen) atoms. The lowest BCUT2D eigenvalue weighted by molar-refractivity contribution is 0.622. The first-order chi connectivity index (χ1) is 7.83. The van der Waals surface area contributed by atoms with Gasteiger partial charge in [-0.05, 0) is 43.9 Å². The topological polar surface area (TPSA) is 52.7 Å². The molecule has 3 rings (SSSR count). The van der Waals surface area contributed by atoms with E-state index < -0.39 is 0 Å². The van der Waals surface area contributed by atoms with Crippen molar-refractivity contribution in [2.75, 3.05) is 18.4 Å². The molecule has 1 aromatic heterocycles. The van der Waals surface area contributed by atoms with Crippen LogP contribution in [0.1, 0.15) is 24.1 Å². The first-order valence-corrected chi connectivity index (χ1v) is 6.30. The minimum Gasteiger partial charge on any atom is -0.369 e. The smallest absolute Gasteiger partial charge is 0.199 e. The Morgan fingerprint density at radius 3 is 3.12 bits per heavy atom. The first-order valence-electron chi connectivity index (χ1n) is 5.89. The second-order valence-corrected chi connectivity index (χ2v) is 4.99. The van der Waals surface area contributed by atoms with Crippen LogP contribution in [0.4, 0.5) is 5.82 Å². The van der Waals surface area contributed by atoms with Crippen molar-refractivity contribution in [1.82, 2.24) is 15.3 Å². The van der Waals surface area contributed by atoms with Crippen molar-refractivity contribution >= 4 is 18.0 Å². The number of fused-ring (bicyclic) bond motifs is 1. The lowest BCUT2D eigenvalue weighted by atomic mass is 10.1. The average Bonchev–Trinajstić information content (AvgIpc) is 3.09. The zero-order valence-corrected chi connectivity index (χ0v) is 9.99. The third-order valence-electron chi connectivity index (χ3n) is 3.23. The quantitative estimate of drug-likeness (QED) is 0.698. The van der Waals surface area contributed by atoms with Crippen LogP contribution in [0.15, 0.2) is 0 Å². The van der Waals surface area contributed by atoms with Gasteiger partial charge in [0.05, 0.1) is 0 Å². The monoisotopic (exact) mass is 236 g/mol. The van der Waals surface area contributed by atoms with E-state index in [1.54, 1.807) is 0 Å². The number of aromatic nitrogens is 2. The summed E-state index contributed by atoms with van der Waals surface area (Å²) in [6.07, 6.45) is 3.74. The first kappa shape index (κ1) is 10.2. The molecule has 1 aliphatic heterocycles. The fraction of sp³-hybridized carbons (Fsp3) is 0.636.